The highest BCUT2D eigenvalue weighted by molar-refractivity contribution is 6.30. The van der Waals surface area contributed by atoms with Crippen LogP contribution in [0.15, 0.2) is 48.5 Å². The third kappa shape index (κ3) is 4.32. The number of nitrogens with zero attached hydrogens (tertiary/aromatic N) is 2. The second-order valence-electron chi connectivity index (χ2n) is 7.24. The van der Waals surface area contributed by atoms with Gasteiger partial charge in [-0.1, -0.05) is 35.9 Å². The van der Waals surface area contributed by atoms with E-state index in [9.17, 15) is 9.59 Å². The molecule has 3 aromatic rings. The van der Waals surface area contributed by atoms with E-state index in [1.165, 1.54) is 0 Å². The van der Waals surface area contributed by atoms with Crippen LogP contribution in [-0.4, -0.2) is 35.3 Å². The SMILES string of the molecule is CCOc1ccccc1NC(=O)CC1C(=O)Nc2c(-c3cccc(Cl)c3)c(COC)nn21. The molecule has 9 heteroatoms. The number of carbonyl (C=O) groups excluding carboxylic acids is 2. The molecule has 0 radical (unpaired) electrons. The van der Waals surface area contributed by atoms with Crippen LogP contribution in [-0.2, 0) is 20.9 Å². The van der Waals surface area contributed by atoms with Gasteiger partial charge in [0.2, 0.25) is 5.91 Å². The first-order valence-corrected chi connectivity index (χ1v) is 10.6. The molecule has 2 N–H and O–H groups in total. The normalized spacial score (nSPS) is 14.7. The number of hydrogen-bond donors (Lipinski definition) is 2. The molecular weight excluding hydrogens is 432 g/mol. The Morgan fingerprint density at radius 1 is 1.25 bits per heavy atom. The third-order valence-electron chi connectivity index (χ3n) is 5.06. The number of carbonyl (C=O) groups is 2. The van der Waals surface area contributed by atoms with Crippen molar-refractivity contribution in [3.63, 3.8) is 0 Å². The fourth-order valence-electron chi connectivity index (χ4n) is 3.73. The molecule has 8 nitrogen and oxygen atoms in total. The lowest BCUT2D eigenvalue weighted by Crippen LogP contribution is -2.24. The first-order valence-electron chi connectivity index (χ1n) is 10.2. The zero-order chi connectivity index (χ0) is 22.7. The number of fused-ring (bicyclic) bond motifs is 1. The van der Waals surface area contributed by atoms with Gasteiger partial charge in [0.05, 0.1) is 31.0 Å². The minimum absolute atomic E-state index is 0.0810. The summed E-state index contributed by atoms with van der Waals surface area (Å²) in [5.41, 5.74) is 2.74. The topological polar surface area (TPSA) is 94.5 Å². The van der Waals surface area contributed by atoms with Crippen LogP contribution < -0.4 is 15.4 Å². The second kappa shape index (κ2) is 9.42. The zero-order valence-corrected chi connectivity index (χ0v) is 18.5. The van der Waals surface area contributed by atoms with Crippen molar-refractivity contribution in [3.05, 3.63) is 59.2 Å². The maximum Gasteiger partial charge on any atom is 0.251 e. The Hall–Kier alpha value is -3.36. The van der Waals surface area contributed by atoms with E-state index < -0.39 is 6.04 Å². The maximum absolute atomic E-state index is 12.8. The minimum Gasteiger partial charge on any atom is -0.492 e. The monoisotopic (exact) mass is 454 g/mol. The van der Waals surface area contributed by atoms with Gasteiger partial charge in [0.15, 0.2) is 0 Å². The number of amides is 2. The number of methoxy groups -OCH3 is 1. The van der Waals surface area contributed by atoms with Crippen molar-refractivity contribution < 1.29 is 19.1 Å². The summed E-state index contributed by atoms with van der Waals surface area (Å²) in [4.78, 5) is 25.5. The van der Waals surface area contributed by atoms with Crippen LogP contribution in [0.1, 0.15) is 25.1 Å². The van der Waals surface area contributed by atoms with E-state index in [-0.39, 0.29) is 24.8 Å². The number of rotatable bonds is 8. The molecule has 0 aliphatic carbocycles. The molecule has 2 aromatic carbocycles. The van der Waals surface area contributed by atoms with Crippen LogP contribution in [0.2, 0.25) is 5.02 Å². The molecule has 0 spiro atoms. The lowest BCUT2D eigenvalue weighted by Gasteiger charge is -2.13. The van der Waals surface area contributed by atoms with E-state index in [2.05, 4.69) is 15.7 Å². The summed E-state index contributed by atoms with van der Waals surface area (Å²) in [6.07, 6.45) is -0.0810. The van der Waals surface area contributed by atoms with Crippen molar-refractivity contribution in [2.24, 2.45) is 0 Å². The highest BCUT2D eigenvalue weighted by atomic mass is 35.5. The summed E-state index contributed by atoms with van der Waals surface area (Å²) in [6.45, 7) is 2.59. The number of halogens is 1. The van der Waals surface area contributed by atoms with Gasteiger partial charge in [-0.25, -0.2) is 4.68 Å². The molecule has 2 heterocycles. The maximum atomic E-state index is 12.8. The van der Waals surface area contributed by atoms with Crippen LogP contribution in [0.3, 0.4) is 0 Å². The fourth-order valence-corrected chi connectivity index (χ4v) is 3.92. The lowest BCUT2D eigenvalue weighted by molar-refractivity contribution is -0.123. The lowest BCUT2D eigenvalue weighted by atomic mass is 10.1. The molecule has 1 aliphatic heterocycles. The number of aromatic nitrogens is 2. The molecule has 166 valence electrons. The molecule has 0 saturated carbocycles. The number of ether oxygens (including phenoxy) is 2. The zero-order valence-electron chi connectivity index (χ0n) is 17.7. The van der Waals surface area contributed by atoms with Gasteiger partial charge in [0, 0.05) is 17.7 Å². The highest BCUT2D eigenvalue weighted by Crippen LogP contribution is 2.39. The first kappa shape index (κ1) is 21.9. The molecule has 1 aliphatic rings. The molecule has 1 aromatic heterocycles. The van der Waals surface area contributed by atoms with Gasteiger partial charge in [-0.05, 0) is 36.8 Å². The minimum atomic E-state index is -0.784. The van der Waals surface area contributed by atoms with Crippen molar-refractivity contribution in [2.45, 2.75) is 26.0 Å². The number of hydrogen-bond acceptors (Lipinski definition) is 5. The Morgan fingerprint density at radius 3 is 2.81 bits per heavy atom. The van der Waals surface area contributed by atoms with Gasteiger partial charge in [0.25, 0.3) is 5.91 Å². The van der Waals surface area contributed by atoms with Crippen LogP contribution >= 0.6 is 11.6 Å². The third-order valence-corrected chi connectivity index (χ3v) is 5.29. The summed E-state index contributed by atoms with van der Waals surface area (Å²) in [5, 5.41) is 10.9. The molecule has 32 heavy (non-hydrogen) atoms. The number of anilines is 2. The molecular formula is C23H23ClN4O4. The van der Waals surface area contributed by atoms with E-state index in [4.69, 9.17) is 21.1 Å². The second-order valence-corrected chi connectivity index (χ2v) is 7.68. The van der Waals surface area contributed by atoms with Gasteiger partial charge in [-0.2, -0.15) is 5.10 Å². The molecule has 1 atom stereocenters. The summed E-state index contributed by atoms with van der Waals surface area (Å²) in [5.74, 6) is 0.479. The van der Waals surface area contributed by atoms with Gasteiger partial charge >= 0.3 is 0 Å². The molecule has 4 rings (SSSR count). The van der Waals surface area contributed by atoms with Gasteiger partial charge in [-0.3, -0.25) is 9.59 Å². The van der Waals surface area contributed by atoms with E-state index in [1.807, 2.05) is 25.1 Å². The Bertz CT molecular complexity index is 1160. The largest absolute Gasteiger partial charge is 0.492 e. The summed E-state index contributed by atoms with van der Waals surface area (Å²) in [6, 6.07) is 13.7. The smallest absolute Gasteiger partial charge is 0.251 e. The summed E-state index contributed by atoms with van der Waals surface area (Å²) < 4.78 is 12.4. The van der Waals surface area contributed by atoms with Crippen LogP contribution in [0.25, 0.3) is 11.1 Å². The number of para-hydroxylation sites is 2. The van der Waals surface area contributed by atoms with Crippen molar-refractivity contribution in [1.82, 2.24) is 9.78 Å². The average molecular weight is 455 g/mol. The Labute approximate surface area is 190 Å². The van der Waals surface area contributed by atoms with Crippen LogP contribution in [0, 0.1) is 0 Å². The predicted octanol–water partition coefficient (Wildman–Crippen LogP) is 4.27. The van der Waals surface area contributed by atoms with Crippen molar-refractivity contribution in [1.29, 1.82) is 0 Å². The summed E-state index contributed by atoms with van der Waals surface area (Å²) >= 11 is 6.17. The number of nitrogens with one attached hydrogen (secondary N) is 2. The highest BCUT2D eigenvalue weighted by Gasteiger charge is 2.37. The Morgan fingerprint density at radius 2 is 2.06 bits per heavy atom. The fraction of sp³-hybridized carbons (Fsp3) is 0.261. The Kier molecular flexibility index (Phi) is 6.43. The molecule has 0 bridgehead atoms. The van der Waals surface area contributed by atoms with Crippen LogP contribution in [0.4, 0.5) is 11.5 Å². The van der Waals surface area contributed by atoms with E-state index in [1.54, 1.807) is 42.1 Å². The Balaban J connectivity index is 1.61. The molecule has 0 fully saturated rings. The quantitative estimate of drug-likeness (QED) is 0.530. The molecule has 1 unspecified atom stereocenters. The summed E-state index contributed by atoms with van der Waals surface area (Å²) in [7, 11) is 1.57. The van der Waals surface area contributed by atoms with Crippen molar-refractivity contribution in [2.75, 3.05) is 24.4 Å². The van der Waals surface area contributed by atoms with E-state index in [0.29, 0.717) is 34.6 Å². The van der Waals surface area contributed by atoms with E-state index in [0.717, 1.165) is 11.1 Å². The van der Waals surface area contributed by atoms with Crippen molar-refractivity contribution in [3.8, 4) is 16.9 Å². The predicted molar refractivity (Wildman–Crippen MR) is 122 cm³/mol. The van der Waals surface area contributed by atoms with Gasteiger partial charge < -0.3 is 20.1 Å². The number of benzene rings is 2. The van der Waals surface area contributed by atoms with Crippen LogP contribution in [0.5, 0.6) is 5.75 Å². The molecule has 0 saturated heterocycles. The first-order chi connectivity index (χ1) is 15.5. The standard InChI is InChI=1S/C23H23ClN4O4/c1-3-32-19-10-5-4-9-16(19)25-20(29)12-18-23(30)26-22-21(14-7-6-8-15(24)11-14)17(13-31-2)27-28(18)22/h4-11,18H,3,12-13H2,1-2H3,(H,25,29)(H,26,30). The molecule has 2 amide bonds. The van der Waals surface area contributed by atoms with Gasteiger partial charge in [0.1, 0.15) is 17.6 Å². The van der Waals surface area contributed by atoms with E-state index >= 15 is 0 Å². The van der Waals surface area contributed by atoms with Gasteiger partial charge in [-0.15, -0.1) is 0 Å². The van der Waals surface area contributed by atoms with Crippen molar-refractivity contribution >= 4 is 34.9 Å². The average Bonchev–Trinajstić information content (AvgIpc) is 3.25.